The van der Waals surface area contributed by atoms with Gasteiger partial charge in [0.1, 0.15) is 5.75 Å². The summed E-state index contributed by atoms with van der Waals surface area (Å²) in [4.78, 5) is 12.0. The van der Waals surface area contributed by atoms with Crippen molar-refractivity contribution in [2.75, 3.05) is 6.61 Å². The third kappa shape index (κ3) is 3.38. The largest absolute Gasteiger partial charge is 0.483 e. The molecule has 2 N–H and O–H groups in total. The van der Waals surface area contributed by atoms with Crippen molar-refractivity contribution in [3.05, 3.63) is 29.3 Å². The van der Waals surface area contributed by atoms with Gasteiger partial charge in [0.2, 0.25) is 0 Å². The smallest absolute Gasteiger partial charge is 0.258 e. The molecule has 3 rings (SSSR count). The maximum atomic E-state index is 12.0. The second-order valence-corrected chi connectivity index (χ2v) is 6.07. The molecule has 0 spiro atoms. The molecule has 1 unspecified atom stereocenters. The number of carbonyl (C=O) groups is 1. The Labute approximate surface area is 125 Å². The Morgan fingerprint density at radius 2 is 2.05 bits per heavy atom. The first-order valence-corrected chi connectivity index (χ1v) is 7.96. The van der Waals surface area contributed by atoms with E-state index in [0.717, 1.165) is 42.6 Å². The average molecular weight is 289 g/mol. The zero-order chi connectivity index (χ0) is 14.7. The van der Waals surface area contributed by atoms with Crippen LogP contribution in [0.3, 0.4) is 0 Å². The third-order valence-electron chi connectivity index (χ3n) is 4.53. The van der Waals surface area contributed by atoms with Crippen molar-refractivity contribution in [3.8, 4) is 5.75 Å². The first kappa shape index (κ1) is 14.4. The molecule has 0 saturated heterocycles. The second-order valence-electron chi connectivity index (χ2n) is 6.07. The molecule has 0 radical (unpaired) electrons. The van der Waals surface area contributed by atoms with Crippen molar-refractivity contribution < 1.29 is 14.6 Å². The fourth-order valence-corrected chi connectivity index (χ4v) is 3.39. The molecule has 0 aromatic heterocycles. The molecule has 2 aliphatic carbocycles. The normalized spacial score (nSPS) is 21.9. The molecule has 1 amide bonds. The van der Waals surface area contributed by atoms with E-state index >= 15 is 0 Å². The van der Waals surface area contributed by atoms with Crippen LogP contribution in [0.5, 0.6) is 5.75 Å². The number of amides is 1. The van der Waals surface area contributed by atoms with E-state index in [9.17, 15) is 9.90 Å². The highest BCUT2D eigenvalue weighted by Gasteiger charge is 2.23. The molecule has 1 aromatic carbocycles. The van der Waals surface area contributed by atoms with E-state index in [-0.39, 0.29) is 18.6 Å². The number of hydrogen-bond acceptors (Lipinski definition) is 3. The number of carbonyl (C=O) groups excluding carboxylic acids is 1. The number of nitrogens with one attached hydrogen (secondary N) is 1. The highest BCUT2D eigenvalue weighted by Crippen LogP contribution is 2.36. The minimum absolute atomic E-state index is 0.0435. The topological polar surface area (TPSA) is 58.6 Å². The van der Waals surface area contributed by atoms with E-state index in [1.807, 2.05) is 18.2 Å². The number of hydrogen-bond donors (Lipinski definition) is 2. The van der Waals surface area contributed by atoms with Gasteiger partial charge in [0.05, 0.1) is 6.10 Å². The zero-order valence-corrected chi connectivity index (χ0v) is 12.3. The van der Waals surface area contributed by atoms with Gasteiger partial charge in [0.25, 0.3) is 5.91 Å². The van der Waals surface area contributed by atoms with Crippen LogP contribution in [0.15, 0.2) is 18.2 Å². The first-order valence-electron chi connectivity index (χ1n) is 7.96. The lowest BCUT2D eigenvalue weighted by molar-refractivity contribution is -0.124. The minimum Gasteiger partial charge on any atom is -0.483 e. The Balaban J connectivity index is 1.54. The molecule has 1 saturated carbocycles. The molecule has 0 aliphatic heterocycles. The average Bonchev–Trinajstić information content (AvgIpc) is 2.88. The molecule has 21 heavy (non-hydrogen) atoms. The quantitative estimate of drug-likeness (QED) is 0.895. The van der Waals surface area contributed by atoms with Crippen LogP contribution in [-0.2, 0) is 11.2 Å². The molecule has 0 bridgehead atoms. The lowest BCUT2D eigenvalue weighted by Gasteiger charge is -2.22. The molecule has 114 valence electrons. The van der Waals surface area contributed by atoms with Crippen LogP contribution in [0.1, 0.15) is 55.8 Å². The van der Waals surface area contributed by atoms with E-state index < -0.39 is 0 Å². The molecule has 1 atom stereocenters. The highest BCUT2D eigenvalue weighted by atomic mass is 16.5. The fraction of sp³-hybridized carbons (Fsp3) is 0.588. The van der Waals surface area contributed by atoms with Crippen molar-refractivity contribution in [1.29, 1.82) is 0 Å². The molecule has 0 heterocycles. The second kappa shape index (κ2) is 6.48. The van der Waals surface area contributed by atoms with E-state index in [0.29, 0.717) is 6.04 Å². The molecule has 1 fully saturated rings. The molecular formula is C17H23NO3. The summed E-state index contributed by atoms with van der Waals surface area (Å²) in [6.07, 6.45) is 7.02. The predicted octanol–water partition coefficient (Wildman–Crippen LogP) is 2.49. The maximum absolute atomic E-state index is 12.0. The lowest BCUT2D eigenvalue weighted by Crippen LogP contribution is -2.39. The number of fused-ring (bicyclic) bond motifs is 1. The minimum atomic E-state index is -0.389. The van der Waals surface area contributed by atoms with Gasteiger partial charge in [-0.2, -0.15) is 0 Å². The number of rotatable bonds is 4. The van der Waals surface area contributed by atoms with Crippen molar-refractivity contribution >= 4 is 5.91 Å². The summed E-state index contributed by atoms with van der Waals surface area (Å²) in [6, 6.07) is 6.01. The highest BCUT2D eigenvalue weighted by molar-refractivity contribution is 5.77. The van der Waals surface area contributed by atoms with Crippen LogP contribution in [0.25, 0.3) is 0 Å². The van der Waals surface area contributed by atoms with Crippen LogP contribution in [0.4, 0.5) is 0 Å². The van der Waals surface area contributed by atoms with Crippen LogP contribution in [0.2, 0.25) is 0 Å². The van der Waals surface area contributed by atoms with Gasteiger partial charge >= 0.3 is 0 Å². The number of aliphatic hydroxyl groups excluding tert-OH is 1. The third-order valence-corrected chi connectivity index (χ3v) is 4.53. The van der Waals surface area contributed by atoms with Crippen LogP contribution < -0.4 is 10.1 Å². The van der Waals surface area contributed by atoms with Gasteiger partial charge < -0.3 is 15.2 Å². The maximum Gasteiger partial charge on any atom is 0.258 e. The zero-order valence-electron chi connectivity index (χ0n) is 12.3. The van der Waals surface area contributed by atoms with E-state index in [2.05, 4.69) is 5.32 Å². The Morgan fingerprint density at radius 1 is 1.24 bits per heavy atom. The van der Waals surface area contributed by atoms with Gasteiger partial charge in [-0.3, -0.25) is 4.79 Å². The van der Waals surface area contributed by atoms with Crippen LogP contribution >= 0.6 is 0 Å². The molecule has 2 aliphatic rings. The predicted molar refractivity (Wildman–Crippen MR) is 80.2 cm³/mol. The summed E-state index contributed by atoms with van der Waals surface area (Å²) < 4.78 is 5.68. The Bertz CT molecular complexity index is 509. The van der Waals surface area contributed by atoms with Crippen LogP contribution in [0, 0.1) is 0 Å². The van der Waals surface area contributed by atoms with Crippen molar-refractivity contribution in [2.24, 2.45) is 0 Å². The van der Waals surface area contributed by atoms with Crippen molar-refractivity contribution in [1.82, 2.24) is 5.32 Å². The van der Waals surface area contributed by atoms with Crippen molar-refractivity contribution in [3.63, 3.8) is 0 Å². The Hall–Kier alpha value is -1.55. The van der Waals surface area contributed by atoms with Gasteiger partial charge in [-0.25, -0.2) is 0 Å². The standard InChI is InChI=1S/C17H23NO3/c19-15-10-9-14-13(15)7-4-8-16(14)21-11-17(20)18-12-5-2-1-3-6-12/h4,7-8,12,15,19H,1-3,5-6,9-11H2,(H,18,20). The van der Waals surface area contributed by atoms with Crippen molar-refractivity contribution in [2.45, 2.75) is 57.1 Å². The summed E-state index contributed by atoms with van der Waals surface area (Å²) >= 11 is 0. The molecule has 4 nitrogen and oxygen atoms in total. The molecular weight excluding hydrogens is 266 g/mol. The molecule has 4 heteroatoms. The Kier molecular flexibility index (Phi) is 4.44. The van der Waals surface area contributed by atoms with Gasteiger partial charge in [-0.05, 0) is 37.3 Å². The molecule has 1 aromatic rings. The van der Waals surface area contributed by atoms with Gasteiger partial charge in [-0.15, -0.1) is 0 Å². The van der Waals surface area contributed by atoms with Gasteiger partial charge in [-0.1, -0.05) is 31.4 Å². The van der Waals surface area contributed by atoms with Crippen LogP contribution in [-0.4, -0.2) is 23.7 Å². The summed E-state index contributed by atoms with van der Waals surface area (Å²) in [5, 5.41) is 12.9. The SMILES string of the molecule is O=C(COc1cccc2c1CCC2O)NC1CCCCC1. The number of aliphatic hydroxyl groups is 1. The van der Waals surface area contributed by atoms with Gasteiger partial charge in [0.15, 0.2) is 6.61 Å². The monoisotopic (exact) mass is 289 g/mol. The summed E-state index contributed by atoms with van der Waals surface area (Å²) in [6.45, 7) is 0.0586. The summed E-state index contributed by atoms with van der Waals surface area (Å²) in [5.41, 5.74) is 2.00. The summed E-state index contributed by atoms with van der Waals surface area (Å²) in [5.74, 6) is 0.695. The first-order chi connectivity index (χ1) is 10.2. The van der Waals surface area contributed by atoms with E-state index in [1.54, 1.807) is 0 Å². The number of ether oxygens (including phenoxy) is 1. The number of benzene rings is 1. The fourth-order valence-electron chi connectivity index (χ4n) is 3.39. The Morgan fingerprint density at radius 3 is 2.86 bits per heavy atom. The summed E-state index contributed by atoms with van der Waals surface area (Å²) in [7, 11) is 0. The lowest BCUT2D eigenvalue weighted by atomic mass is 9.95. The van der Waals surface area contributed by atoms with E-state index in [1.165, 1.54) is 19.3 Å². The van der Waals surface area contributed by atoms with Gasteiger partial charge in [0, 0.05) is 11.6 Å². The van der Waals surface area contributed by atoms with E-state index in [4.69, 9.17) is 4.74 Å².